The maximum atomic E-state index is 14.5. The molecule has 0 spiro atoms. The molecule has 2 heterocycles. The van der Waals surface area contributed by atoms with Crippen LogP contribution in [-0.4, -0.2) is 52.0 Å². The predicted molar refractivity (Wildman–Crippen MR) is 168 cm³/mol. The number of carbonyl (C=O) groups excluding carboxylic acids is 4. The molecule has 4 aliphatic rings. The van der Waals surface area contributed by atoms with E-state index >= 15 is 0 Å². The lowest BCUT2D eigenvalue weighted by Gasteiger charge is -2.49. The molecule has 3 aromatic carbocycles. The summed E-state index contributed by atoms with van der Waals surface area (Å²) in [6.45, 7) is 1.64. The van der Waals surface area contributed by atoms with Crippen LogP contribution < -0.4 is 14.5 Å². The number of aromatic carboxylic acids is 1. The number of carbonyl (C=O) groups is 5. The predicted octanol–water partition coefficient (Wildman–Crippen LogP) is 5.03. The van der Waals surface area contributed by atoms with Crippen molar-refractivity contribution in [3.63, 3.8) is 0 Å². The Kier molecular flexibility index (Phi) is 7.13. The van der Waals surface area contributed by atoms with Gasteiger partial charge in [0.1, 0.15) is 17.1 Å². The molecule has 2 saturated heterocycles. The van der Waals surface area contributed by atoms with Crippen LogP contribution in [0.25, 0.3) is 0 Å². The van der Waals surface area contributed by atoms with Gasteiger partial charge in [0.25, 0.3) is 0 Å². The summed E-state index contributed by atoms with van der Waals surface area (Å²) in [4.78, 5) is 70.2. The zero-order chi connectivity index (χ0) is 34.4. The Balaban J connectivity index is 1.37. The molecule has 2 aliphatic heterocycles. The number of aromatic hydroxyl groups is 2. The van der Waals surface area contributed by atoms with Crippen molar-refractivity contribution in [1.82, 2.24) is 0 Å². The van der Waals surface area contributed by atoms with Gasteiger partial charge in [0.2, 0.25) is 23.6 Å². The number of imide groups is 2. The van der Waals surface area contributed by atoms with Crippen LogP contribution in [0.4, 0.5) is 15.8 Å². The molecule has 11 nitrogen and oxygen atoms in total. The zero-order valence-electron chi connectivity index (χ0n) is 25.5. The summed E-state index contributed by atoms with van der Waals surface area (Å²) < 4.78 is 19.5. The van der Waals surface area contributed by atoms with E-state index in [-0.39, 0.29) is 40.7 Å². The third-order valence-corrected chi connectivity index (χ3v) is 10.8. The average molecular weight is 675 g/mol. The normalized spacial score (nSPS) is 27.8. The number of rotatable bonds is 5. The number of halogens is 2. The number of anilines is 2. The van der Waals surface area contributed by atoms with Crippen LogP contribution in [0.3, 0.4) is 0 Å². The second-order valence-corrected chi connectivity index (χ2v) is 13.1. The molecule has 3 aromatic rings. The van der Waals surface area contributed by atoms with Crippen molar-refractivity contribution in [2.45, 2.75) is 25.7 Å². The summed E-state index contributed by atoms with van der Waals surface area (Å²) in [7, 11) is 1.37. The van der Waals surface area contributed by atoms with Gasteiger partial charge in [0.15, 0.2) is 11.5 Å². The maximum absolute atomic E-state index is 14.5. The highest BCUT2D eigenvalue weighted by molar-refractivity contribution is 6.32. The minimum absolute atomic E-state index is 0.00225. The van der Waals surface area contributed by atoms with Crippen LogP contribution in [0.15, 0.2) is 66.2 Å². The number of hydrogen-bond acceptors (Lipinski definition) is 8. The number of nitrogens with zero attached hydrogens (tertiary/aromatic N) is 2. The third-order valence-electron chi connectivity index (χ3n) is 10.5. The fraction of sp³-hybridized carbons (Fsp3) is 0.286. The molecule has 3 fully saturated rings. The van der Waals surface area contributed by atoms with Gasteiger partial charge in [-0.3, -0.25) is 19.2 Å². The van der Waals surface area contributed by atoms with Crippen molar-refractivity contribution in [1.29, 1.82) is 0 Å². The minimum atomic E-state index is -1.49. The second-order valence-electron chi connectivity index (χ2n) is 12.7. The lowest BCUT2D eigenvalue weighted by atomic mass is 9.51. The van der Waals surface area contributed by atoms with E-state index in [1.807, 2.05) is 0 Å². The first-order valence-electron chi connectivity index (χ1n) is 15.1. The fourth-order valence-corrected chi connectivity index (χ4v) is 8.44. The number of benzene rings is 3. The topological polar surface area (TPSA) is 162 Å². The molecule has 0 aromatic heterocycles. The van der Waals surface area contributed by atoms with Gasteiger partial charge < -0.3 is 20.1 Å². The first-order chi connectivity index (χ1) is 22.8. The van der Waals surface area contributed by atoms with Crippen molar-refractivity contribution >= 4 is 52.6 Å². The van der Waals surface area contributed by atoms with E-state index in [1.54, 1.807) is 31.2 Å². The summed E-state index contributed by atoms with van der Waals surface area (Å²) in [6.07, 6.45) is 1.92. The van der Waals surface area contributed by atoms with Gasteiger partial charge >= 0.3 is 5.97 Å². The number of allylic oxidation sites excluding steroid dienone is 2. The first-order valence-corrected chi connectivity index (χ1v) is 15.5. The lowest BCUT2D eigenvalue weighted by Crippen LogP contribution is -2.48. The van der Waals surface area contributed by atoms with E-state index in [2.05, 4.69) is 0 Å². The van der Waals surface area contributed by atoms with Crippen LogP contribution in [0.5, 0.6) is 17.2 Å². The number of phenols is 2. The maximum Gasteiger partial charge on any atom is 0.339 e. The molecule has 13 heteroatoms. The van der Waals surface area contributed by atoms with Crippen LogP contribution in [0.1, 0.15) is 41.6 Å². The second kappa shape index (κ2) is 10.9. The average Bonchev–Trinajstić information content (AvgIpc) is 3.42. The van der Waals surface area contributed by atoms with Gasteiger partial charge in [-0.2, -0.15) is 0 Å². The number of methoxy groups -OCH3 is 1. The SMILES string of the molecule is COc1cccc(C2C3=CCC4C(=O)N(c5ccc(C(=O)O)c(O)c5)C(=O)C4C3CC3C(=O)N(c4ccc(F)c(Cl)c4)C(=O)C32C)c1O. The van der Waals surface area contributed by atoms with E-state index in [0.29, 0.717) is 11.1 Å². The van der Waals surface area contributed by atoms with Gasteiger partial charge in [-0.25, -0.2) is 19.0 Å². The number of hydrogen-bond donors (Lipinski definition) is 3. The quantitative estimate of drug-likeness (QED) is 0.249. The van der Waals surface area contributed by atoms with Gasteiger partial charge in [0, 0.05) is 17.5 Å². The number of phenolic OH excluding ortho intramolecular Hbond substituents is 1. The number of fused-ring (bicyclic) bond motifs is 4. The molecule has 6 atom stereocenters. The van der Waals surface area contributed by atoms with Gasteiger partial charge in [0.05, 0.1) is 46.7 Å². The zero-order valence-corrected chi connectivity index (χ0v) is 26.3. The molecule has 48 heavy (non-hydrogen) atoms. The number of carboxylic acids is 1. The van der Waals surface area contributed by atoms with Crippen molar-refractivity contribution in [2.24, 2.45) is 29.1 Å². The Morgan fingerprint density at radius 2 is 1.67 bits per heavy atom. The van der Waals surface area contributed by atoms with E-state index < -0.39 is 81.7 Å². The third kappa shape index (κ3) is 4.21. The Morgan fingerprint density at radius 3 is 2.33 bits per heavy atom. The van der Waals surface area contributed by atoms with Crippen molar-refractivity contribution in [3.05, 3.63) is 88.2 Å². The number of carboxylic acid groups (broad SMARTS) is 1. The standard InChI is InChI=1S/C35H28ClFN2O9/c1-35-22(31(43)39(34(35)47)15-7-11-24(37)23(36)12-15)14-21-17(28(35)20-4-3-5-26(48-2)29(20)41)9-10-19-27(21)32(44)38(30(19)42)16-6-8-18(33(45)46)25(40)13-16/h3-9,11-13,19,21-22,27-28,40-41H,10,14H2,1-2H3,(H,45,46). The smallest absolute Gasteiger partial charge is 0.339 e. The number of para-hydroxylation sites is 1. The highest BCUT2D eigenvalue weighted by Crippen LogP contribution is 2.65. The molecule has 0 radical (unpaired) electrons. The fourth-order valence-electron chi connectivity index (χ4n) is 8.26. The highest BCUT2D eigenvalue weighted by atomic mass is 35.5. The number of amides is 4. The molecule has 4 amide bonds. The minimum Gasteiger partial charge on any atom is -0.507 e. The molecule has 7 rings (SSSR count). The molecule has 6 unspecified atom stereocenters. The molecular formula is C35H28ClFN2O9. The van der Waals surface area contributed by atoms with Crippen LogP contribution in [0, 0.1) is 34.9 Å². The van der Waals surface area contributed by atoms with E-state index in [0.717, 1.165) is 28.0 Å². The van der Waals surface area contributed by atoms with Crippen LogP contribution in [-0.2, 0) is 19.2 Å². The van der Waals surface area contributed by atoms with Crippen molar-refractivity contribution < 1.29 is 48.4 Å². The van der Waals surface area contributed by atoms with E-state index in [4.69, 9.17) is 16.3 Å². The Labute approximate surface area is 277 Å². The van der Waals surface area contributed by atoms with E-state index in [1.165, 1.54) is 25.3 Å². The van der Waals surface area contributed by atoms with Crippen LogP contribution >= 0.6 is 11.6 Å². The summed E-state index contributed by atoms with van der Waals surface area (Å²) in [5.74, 6) is -9.68. The van der Waals surface area contributed by atoms with Crippen molar-refractivity contribution in [3.8, 4) is 17.2 Å². The number of ether oxygens (including phenoxy) is 1. The molecular weight excluding hydrogens is 647 g/mol. The molecule has 1 saturated carbocycles. The molecule has 0 bridgehead atoms. The Morgan fingerprint density at radius 1 is 0.958 bits per heavy atom. The summed E-state index contributed by atoms with van der Waals surface area (Å²) in [5, 5.41) is 30.8. The van der Waals surface area contributed by atoms with Gasteiger partial charge in [-0.1, -0.05) is 35.4 Å². The highest BCUT2D eigenvalue weighted by Gasteiger charge is 2.68. The Hall–Kier alpha value is -5.23. The first kappa shape index (κ1) is 31.4. The molecule has 3 N–H and O–H groups in total. The van der Waals surface area contributed by atoms with Crippen LogP contribution in [0.2, 0.25) is 5.02 Å². The summed E-state index contributed by atoms with van der Waals surface area (Å²) in [6, 6.07) is 11.7. The molecule has 246 valence electrons. The Bertz CT molecular complexity index is 2010. The van der Waals surface area contributed by atoms with Gasteiger partial charge in [-0.15, -0.1) is 0 Å². The largest absolute Gasteiger partial charge is 0.507 e. The monoisotopic (exact) mass is 674 g/mol. The summed E-state index contributed by atoms with van der Waals surface area (Å²) in [5.41, 5.74) is -0.926. The van der Waals surface area contributed by atoms with E-state index in [9.17, 15) is 43.7 Å². The lowest BCUT2D eigenvalue weighted by molar-refractivity contribution is -0.131. The van der Waals surface area contributed by atoms with Crippen molar-refractivity contribution in [2.75, 3.05) is 16.9 Å². The van der Waals surface area contributed by atoms with Gasteiger partial charge in [-0.05, 0) is 62.1 Å². The summed E-state index contributed by atoms with van der Waals surface area (Å²) >= 11 is 6.04. The molecule has 2 aliphatic carbocycles.